The first-order valence-electron chi connectivity index (χ1n) is 8.16. The van der Waals surface area contributed by atoms with Crippen molar-refractivity contribution in [3.05, 3.63) is 58.6 Å². The Morgan fingerprint density at radius 1 is 1.11 bits per heavy atom. The van der Waals surface area contributed by atoms with Crippen LogP contribution in [0.5, 0.6) is 5.75 Å². The average molecular weight is 416 g/mol. The minimum atomic E-state index is -4.70. The second kappa shape index (κ2) is 8.97. The van der Waals surface area contributed by atoms with E-state index in [0.29, 0.717) is 11.8 Å². The van der Waals surface area contributed by atoms with Gasteiger partial charge in [0.15, 0.2) is 6.61 Å². The summed E-state index contributed by atoms with van der Waals surface area (Å²) in [4.78, 5) is 23.8. The Hall–Kier alpha value is -2.74. The Labute approximate surface area is 164 Å². The van der Waals surface area contributed by atoms with Crippen LogP contribution in [0.1, 0.15) is 29.8 Å². The van der Waals surface area contributed by atoms with E-state index in [1.54, 1.807) is 12.1 Å². The van der Waals surface area contributed by atoms with Gasteiger partial charge in [0, 0.05) is 5.02 Å². The SMILES string of the molecule is CC(C)Oc1ccc(C(=O)OCC(=O)Nc2ccc(Cl)cc2C(F)(F)F)cc1. The molecule has 2 aromatic carbocycles. The Kier molecular flexibility index (Phi) is 6.90. The van der Waals surface area contributed by atoms with E-state index in [0.717, 1.165) is 6.07 Å². The zero-order valence-corrected chi connectivity index (χ0v) is 15.7. The number of amides is 1. The second-order valence-corrected chi connectivity index (χ2v) is 6.44. The molecule has 0 saturated carbocycles. The molecule has 0 fully saturated rings. The van der Waals surface area contributed by atoms with Crippen molar-refractivity contribution in [3.8, 4) is 5.75 Å². The predicted octanol–water partition coefficient (Wildman–Crippen LogP) is 4.94. The van der Waals surface area contributed by atoms with Gasteiger partial charge in [-0.2, -0.15) is 13.2 Å². The first-order chi connectivity index (χ1) is 13.1. The zero-order chi connectivity index (χ0) is 20.9. The Morgan fingerprint density at radius 2 is 1.75 bits per heavy atom. The van der Waals surface area contributed by atoms with Crippen molar-refractivity contribution in [2.24, 2.45) is 0 Å². The molecule has 5 nitrogen and oxygen atoms in total. The first kappa shape index (κ1) is 21.6. The lowest BCUT2D eigenvalue weighted by atomic mass is 10.1. The molecule has 9 heteroatoms. The van der Waals surface area contributed by atoms with E-state index < -0.39 is 35.9 Å². The lowest BCUT2D eigenvalue weighted by Gasteiger charge is -2.14. The van der Waals surface area contributed by atoms with Gasteiger partial charge in [-0.1, -0.05) is 11.6 Å². The lowest BCUT2D eigenvalue weighted by molar-refractivity contribution is -0.137. The highest BCUT2D eigenvalue weighted by Crippen LogP contribution is 2.36. The third-order valence-electron chi connectivity index (χ3n) is 3.36. The number of ether oxygens (including phenoxy) is 2. The number of anilines is 1. The Bertz CT molecular complexity index is 851. The van der Waals surface area contributed by atoms with Crippen molar-refractivity contribution in [1.29, 1.82) is 0 Å². The van der Waals surface area contributed by atoms with E-state index in [9.17, 15) is 22.8 Å². The third-order valence-corrected chi connectivity index (χ3v) is 3.59. The van der Waals surface area contributed by atoms with Gasteiger partial charge in [0.2, 0.25) is 0 Å². The zero-order valence-electron chi connectivity index (χ0n) is 15.0. The molecule has 0 saturated heterocycles. The van der Waals surface area contributed by atoms with Crippen LogP contribution in [0.2, 0.25) is 5.02 Å². The van der Waals surface area contributed by atoms with Crippen molar-refractivity contribution in [2.75, 3.05) is 11.9 Å². The maximum atomic E-state index is 13.0. The summed E-state index contributed by atoms with van der Waals surface area (Å²) < 4.78 is 49.3. The summed E-state index contributed by atoms with van der Waals surface area (Å²) in [6, 6.07) is 8.99. The molecule has 0 atom stereocenters. The van der Waals surface area contributed by atoms with E-state index in [1.165, 1.54) is 18.2 Å². The standard InChI is InChI=1S/C19H17ClF3NO4/c1-11(2)28-14-6-3-12(4-7-14)18(26)27-10-17(25)24-16-8-5-13(20)9-15(16)19(21,22)23/h3-9,11H,10H2,1-2H3,(H,24,25). The predicted molar refractivity (Wildman–Crippen MR) is 97.6 cm³/mol. The van der Waals surface area contributed by atoms with Crippen LogP contribution in [0.25, 0.3) is 0 Å². The fourth-order valence-electron chi connectivity index (χ4n) is 2.20. The molecule has 2 rings (SSSR count). The lowest BCUT2D eigenvalue weighted by Crippen LogP contribution is -2.22. The number of carbonyl (C=O) groups is 2. The van der Waals surface area contributed by atoms with Crippen LogP contribution in [0.15, 0.2) is 42.5 Å². The van der Waals surface area contributed by atoms with Crippen molar-refractivity contribution in [2.45, 2.75) is 26.1 Å². The van der Waals surface area contributed by atoms with Crippen LogP contribution >= 0.6 is 11.6 Å². The normalized spacial score (nSPS) is 11.2. The van der Waals surface area contributed by atoms with Crippen LogP contribution in [-0.2, 0) is 15.7 Å². The molecular formula is C19H17ClF3NO4. The second-order valence-electron chi connectivity index (χ2n) is 6.00. The van der Waals surface area contributed by atoms with E-state index in [1.807, 2.05) is 13.8 Å². The first-order valence-corrected chi connectivity index (χ1v) is 8.54. The molecule has 0 aliphatic rings. The largest absolute Gasteiger partial charge is 0.491 e. The van der Waals surface area contributed by atoms with Crippen molar-refractivity contribution in [3.63, 3.8) is 0 Å². The smallest absolute Gasteiger partial charge is 0.418 e. The van der Waals surface area contributed by atoms with Crippen LogP contribution in [0.3, 0.4) is 0 Å². The maximum absolute atomic E-state index is 13.0. The molecule has 0 unspecified atom stereocenters. The fraction of sp³-hybridized carbons (Fsp3) is 0.263. The van der Waals surface area contributed by atoms with Gasteiger partial charge >= 0.3 is 12.1 Å². The molecule has 0 aliphatic heterocycles. The highest BCUT2D eigenvalue weighted by atomic mass is 35.5. The molecule has 0 spiro atoms. The number of hydrogen-bond acceptors (Lipinski definition) is 4. The highest BCUT2D eigenvalue weighted by Gasteiger charge is 2.34. The summed E-state index contributed by atoms with van der Waals surface area (Å²) in [5.41, 5.74) is -1.40. The van der Waals surface area contributed by atoms with Gasteiger partial charge in [-0.05, 0) is 56.3 Å². The van der Waals surface area contributed by atoms with Crippen molar-refractivity contribution in [1.82, 2.24) is 0 Å². The molecule has 1 N–H and O–H groups in total. The fourth-order valence-corrected chi connectivity index (χ4v) is 2.37. The van der Waals surface area contributed by atoms with Crippen LogP contribution in [0, 0.1) is 0 Å². The number of benzene rings is 2. The molecule has 2 aromatic rings. The molecule has 0 bridgehead atoms. The number of nitrogens with one attached hydrogen (secondary N) is 1. The van der Waals surface area contributed by atoms with E-state index in [-0.39, 0.29) is 16.7 Å². The van der Waals surface area contributed by atoms with Crippen molar-refractivity contribution >= 4 is 29.2 Å². The van der Waals surface area contributed by atoms with Gasteiger partial charge in [-0.15, -0.1) is 0 Å². The highest BCUT2D eigenvalue weighted by molar-refractivity contribution is 6.30. The summed E-state index contributed by atoms with van der Waals surface area (Å²) in [7, 11) is 0. The van der Waals surface area contributed by atoms with Crippen LogP contribution < -0.4 is 10.1 Å². The minimum absolute atomic E-state index is 0.0315. The van der Waals surface area contributed by atoms with Gasteiger partial charge in [0.25, 0.3) is 5.91 Å². The number of halogens is 4. The minimum Gasteiger partial charge on any atom is -0.491 e. The molecular weight excluding hydrogens is 399 g/mol. The maximum Gasteiger partial charge on any atom is 0.418 e. The van der Waals surface area contributed by atoms with E-state index >= 15 is 0 Å². The summed E-state index contributed by atoms with van der Waals surface area (Å²) in [5.74, 6) is -1.15. The monoisotopic (exact) mass is 415 g/mol. The Morgan fingerprint density at radius 3 is 2.32 bits per heavy atom. The molecule has 28 heavy (non-hydrogen) atoms. The van der Waals surface area contributed by atoms with Gasteiger partial charge in [-0.25, -0.2) is 4.79 Å². The van der Waals surface area contributed by atoms with Crippen LogP contribution in [0.4, 0.5) is 18.9 Å². The number of carbonyl (C=O) groups excluding carboxylic acids is 2. The van der Waals surface area contributed by atoms with Gasteiger partial charge in [-0.3, -0.25) is 4.79 Å². The summed E-state index contributed by atoms with van der Waals surface area (Å²) >= 11 is 5.58. The molecule has 0 aromatic heterocycles. The molecule has 1 amide bonds. The van der Waals surface area contributed by atoms with E-state index in [4.69, 9.17) is 21.1 Å². The third kappa shape index (κ3) is 6.16. The molecule has 0 radical (unpaired) electrons. The number of esters is 1. The molecule has 0 heterocycles. The summed E-state index contributed by atoms with van der Waals surface area (Å²) in [5, 5.41) is 1.94. The number of hydrogen-bond donors (Lipinski definition) is 1. The molecule has 0 aliphatic carbocycles. The Balaban J connectivity index is 1.97. The summed E-state index contributed by atoms with van der Waals surface area (Å²) in [6.45, 7) is 2.96. The quantitative estimate of drug-likeness (QED) is 0.678. The van der Waals surface area contributed by atoms with Gasteiger partial charge in [0.05, 0.1) is 22.9 Å². The molecule has 150 valence electrons. The van der Waals surface area contributed by atoms with Crippen LogP contribution in [-0.4, -0.2) is 24.6 Å². The topological polar surface area (TPSA) is 64.6 Å². The number of alkyl halides is 3. The average Bonchev–Trinajstić information content (AvgIpc) is 2.60. The number of rotatable bonds is 6. The van der Waals surface area contributed by atoms with Gasteiger partial charge < -0.3 is 14.8 Å². The summed E-state index contributed by atoms with van der Waals surface area (Å²) in [6.07, 6.45) is -4.74. The van der Waals surface area contributed by atoms with E-state index in [2.05, 4.69) is 5.32 Å². The van der Waals surface area contributed by atoms with Gasteiger partial charge in [0.1, 0.15) is 5.75 Å². The van der Waals surface area contributed by atoms with Crippen molar-refractivity contribution < 1.29 is 32.2 Å².